The molecule has 0 aliphatic carbocycles. The molecule has 0 saturated heterocycles. The minimum absolute atomic E-state index is 0. The second kappa shape index (κ2) is 17.3. The van der Waals surface area contributed by atoms with Gasteiger partial charge < -0.3 is 9.40 Å². The van der Waals surface area contributed by atoms with Gasteiger partial charge in [0.1, 0.15) is 5.58 Å². The Morgan fingerprint density at radius 2 is 1.51 bits per heavy atom. The van der Waals surface area contributed by atoms with Crippen LogP contribution in [0.3, 0.4) is 0 Å². The number of nitrogens with zero attached hydrogens (tertiary/aromatic N) is 2. The van der Waals surface area contributed by atoms with Crippen molar-refractivity contribution in [3.63, 3.8) is 0 Å². The Morgan fingerprint density at radius 1 is 0.770 bits per heavy atom. The second-order valence-electron chi connectivity index (χ2n) is 18.8. The molecule has 3 heterocycles. The largest absolute Gasteiger partial charge is 0.501 e. The Bertz CT molecular complexity index is 3060. The van der Waals surface area contributed by atoms with E-state index in [0.717, 1.165) is 44.1 Å². The van der Waals surface area contributed by atoms with Gasteiger partial charge in [0.25, 0.3) is 0 Å². The molecule has 1 radical (unpaired) electrons. The van der Waals surface area contributed by atoms with Crippen LogP contribution in [-0.2, 0) is 31.9 Å². The van der Waals surface area contributed by atoms with Gasteiger partial charge in [0.2, 0.25) is 0 Å². The number of aliphatic imine (C=N–C) groups is 1. The number of aryl methyl sites for hydroxylation is 1. The molecule has 311 valence electrons. The molecular weight excluding hydrogens is 937 g/mol. The average molecular weight is 998 g/mol. The van der Waals surface area contributed by atoms with Crippen LogP contribution in [0.2, 0.25) is 19.6 Å². The normalized spacial score (nSPS) is 15.6. The molecule has 1 unspecified atom stereocenters. The van der Waals surface area contributed by atoms with Gasteiger partial charge in [-0.25, -0.2) is 0 Å². The van der Waals surface area contributed by atoms with Crippen molar-refractivity contribution < 1.29 is 31.4 Å². The summed E-state index contributed by atoms with van der Waals surface area (Å²) in [6, 6.07) is 51.5. The summed E-state index contributed by atoms with van der Waals surface area (Å²) in [5.74, 6) is -0.0366. The van der Waals surface area contributed by atoms with Gasteiger partial charge in [-0.05, 0) is 73.7 Å². The van der Waals surface area contributed by atoms with E-state index in [4.69, 9.17) is 16.3 Å². The molecule has 8 aromatic rings. The van der Waals surface area contributed by atoms with E-state index in [9.17, 15) is 0 Å². The molecule has 1 aliphatic rings. The maximum Gasteiger partial charge on any atom is 0.120 e. The van der Waals surface area contributed by atoms with Crippen LogP contribution < -0.4 is 5.19 Å². The van der Waals surface area contributed by atoms with Crippen molar-refractivity contribution in [1.82, 2.24) is 4.98 Å². The van der Waals surface area contributed by atoms with Crippen LogP contribution in [-0.4, -0.2) is 18.8 Å². The van der Waals surface area contributed by atoms with Gasteiger partial charge in [0.05, 0.1) is 19.3 Å². The van der Waals surface area contributed by atoms with Crippen LogP contribution in [0.5, 0.6) is 0 Å². The third kappa shape index (κ3) is 9.36. The van der Waals surface area contributed by atoms with Crippen LogP contribution in [0.15, 0.2) is 149 Å². The van der Waals surface area contributed by atoms with Crippen molar-refractivity contribution in [3.8, 4) is 22.4 Å². The fraction of sp³-hybridized carbons (Fsp3) is 0.250. The van der Waals surface area contributed by atoms with Crippen molar-refractivity contribution in [2.75, 3.05) is 0 Å². The molecule has 0 saturated carbocycles. The number of rotatable bonds is 6. The molecule has 1 atom stereocenters. The average Bonchev–Trinajstić information content (AvgIpc) is 3.84. The van der Waals surface area contributed by atoms with E-state index in [1.165, 1.54) is 33.9 Å². The van der Waals surface area contributed by atoms with E-state index in [1.54, 1.807) is 18.3 Å². The maximum atomic E-state index is 8.79. The molecule has 0 amide bonds. The molecule has 0 fully saturated rings. The van der Waals surface area contributed by atoms with Crippen molar-refractivity contribution >= 4 is 46.6 Å². The first-order valence-electron chi connectivity index (χ1n) is 23.3. The van der Waals surface area contributed by atoms with E-state index >= 15 is 0 Å². The predicted molar refractivity (Wildman–Crippen MR) is 257 cm³/mol. The van der Waals surface area contributed by atoms with Crippen LogP contribution in [0.4, 0.5) is 5.69 Å². The van der Waals surface area contributed by atoms with Crippen molar-refractivity contribution in [3.05, 3.63) is 185 Å². The summed E-state index contributed by atoms with van der Waals surface area (Å²) in [5.41, 5.74) is 12.5. The van der Waals surface area contributed by atoms with E-state index in [-0.39, 0.29) is 37.0 Å². The number of hydrogen-bond acceptors (Lipinski definition) is 3. The summed E-state index contributed by atoms with van der Waals surface area (Å²) in [6.45, 7) is 16.9. The monoisotopic (exact) mass is 998 g/mol. The zero-order valence-corrected chi connectivity index (χ0v) is 39.9. The van der Waals surface area contributed by atoms with Gasteiger partial charge in [-0.2, -0.15) is 0 Å². The first kappa shape index (κ1) is 37.6. The van der Waals surface area contributed by atoms with Crippen LogP contribution in [0, 0.1) is 24.4 Å². The molecule has 0 bridgehead atoms. The number of furan rings is 1. The fourth-order valence-corrected chi connectivity index (χ4v) is 9.40. The molecule has 2 aromatic heterocycles. The molecular formula is C56H56IrN2OSi-2. The zero-order valence-electron chi connectivity index (χ0n) is 41.5. The van der Waals surface area contributed by atoms with E-state index in [1.807, 2.05) is 45.0 Å². The third-order valence-electron chi connectivity index (χ3n) is 11.0. The molecule has 9 rings (SSSR count). The van der Waals surface area contributed by atoms with E-state index in [2.05, 4.69) is 149 Å². The Morgan fingerprint density at radius 3 is 2.21 bits per heavy atom. The summed E-state index contributed by atoms with van der Waals surface area (Å²) in [6.07, 6.45) is 0.269. The Hall–Kier alpha value is -5.19. The Kier molecular flexibility index (Phi) is 10.6. The third-order valence-corrected chi connectivity index (χ3v) is 13.0. The maximum absolute atomic E-state index is 8.79. The number of fused-ring (bicyclic) bond motifs is 4. The van der Waals surface area contributed by atoms with E-state index in [0.29, 0.717) is 16.8 Å². The summed E-state index contributed by atoms with van der Waals surface area (Å²) in [7, 11) is -1.81. The predicted octanol–water partition coefficient (Wildman–Crippen LogP) is 14.6. The van der Waals surface area contributed by atoms with Crippen LogP contribution in [0.25, 0.3) is 44.3 Å². The molecule has 61 heavy (non-hydrogen) atoms. The first-order valence-corrected chi connectivity index (χ1v) is 24.3. The number of para-hydroxylation sites is 2. The standard InChI is InChI=1S/C36H28NO.C20H28NSi.Ir/c1-36(2,3)24-20-21-26(30(22-24)23-12-5-4-6-13-23)33-28-15-7-9-18-31(28)37-34(33)29-17-11-16-27-25-14-8-10-19-32(25)38-35(27)29;1-15-8-10-16(11-9-15)18-12-17(13-20(2,3)4)19(14-21-18)22(5,6)7;/h4-16,18-22,33H,1-3H3;8-10,12,14H,13H2,1-7H3;/q2*-1;/i;1D3,13D2;. The number of aromatic nitrogens is 1. The van der Waals surface area contributed by atoms with Crippen molar-refractivity contribution in [2.45, 2.75) is 85.7 Å². The van der Waals surface area contributed by atoms with Gasteiger partial charge in [0, 0.05) is 44.5 Å². The Labute approximate surface area is 384 Å². The Balaban J connectivity index is 0.000000206. The van der Waals surface area contributed by atoms with Crippen molar-refractivity contribution in [2.24, 2.45) is 10.4 Å². The minimum Gasteiger partial charge on any atom is -0.501 e. The molecule has 6 aromatic carbocycles. The van der Waals surface area contributed by atoms with Gasteiger partial charge >= 0.3 is 0 Å². The van der Waals surface area contributed by atoms with Crippen LogP contribution in [0.1, 0.15) is 87.7 Å². The zero-order chi connectivity index (χ0) is 46.7. The first-order chi connectivity index (χ1) is 30.5. The van der Waals surface area contributed by atoms with Crippen LogP contribution >= 0.6 is 0 Å². The van der Waals surface area contributed by atoms with Crippen molar-refractivity contribution in [1.29, 1.82) is 0 Å². The van der Waals surface area contributed by atoms with Gasteiger partial charge in [0.15, 0.2) is 0 Å². The quantitative estimate of drug-likeness (QED) is 0.123. The topological polar surface area (TPSA) is 38.4 Å². The number of hydrogen-bond donors (Lipinski definition) is 0. The molecule has 1 aliphatic heterocycles. The number of benzene rings is 6. The molecule has 3 nitrogen and oxygen atoms in total. The smallest absolute Gasteiger partial charge is 0.120 e. The summed E-state index contributed by atoms with van der Waals surface area (Å²) < 4.78 is 46.5. The van der Waals surface area contributed by atoms with Gasteiger partial charge in [-0.15, -0.1) is 53.6 Å². The van der Waals surface area contributed by atoms with E-state index < -0.39 is 26.7 Å². The minimum atomic E-state index is -2.17. The number of pyridine rings is 1. The summed E-state index contributed by atoms with van der Waals surface area (Å²) >= 11 is 0. The summed E-state index contributed by atoms with van der Waals surface area (Å²) in [5, 5.41) is 3.22. The molecule has 5 heteroatoms. The van der Waals surface area contributed by atoms with Gasteiger partial charge in [-0.1, -0.05) is 176 Å². The second-order valence-corrected chi connectivity index (χ2v) is 23.9. The molecule has 0 spiro atoms. The summed E-state index contributed by atoms with van der Waals surface area (Å²) in [4.78, 5) is 9.79. The van der Waals surface area contributed by atoms with Gasteiger partial charge in [-0.3, -0.25) is 4.99 Å². The fourth-order valence-electron chi connectivity index (χ4n) is 8.00. The molecule has 0 N–H and O–H groups in total. The SMILES string of the molecule is CC(C)(C)c1ccc(C2C(c3[c-]ccc4c3oc3ccccc34)=Nc3ccccc32)c(-c2ccccc2)c1.[2H]C([2H])([2H])c1c[c-]c(-c2cc(C([2H])([2H])C(C)(C)C)c([Si](C)(C)C)cn2)cc1.[Ir].